The number of fused-ring (bicyclic) bond motifs is 3. The second kappa shape index (κ2) is 25.3. The van der Waals surface area contributed by atoms with Crippen LogP contribution < -0.4 is 15.5 Å². The smallest absolute Gasteiger partial charge is 0.252 e. The lowest BCUT2D eigenvalue weighted by molar-refractivity contribution is -0.146. The van der Waals surface area contributed by atoms with E-state index < -0.39 is 125 Å². The molecule has 0 saturated carbocycles. The quantitative estimate of drug-likeness (QED) is 0.0506. The maximum atomic E-state index is 15.7. The lowest BCUT2D eigenvalue weighted by Crippen LogP contribution is -2.59. The van der Waals surface area contributed by atoms with E-state index in [1.165, 1.54) is 4.90 Å². The predicted octanol–water partition coefficient (Wildman–Crippen LogP) is 9.11. The summed E-state index contributed by atoms with van der Waals surface area (Å²) in [6.45, 7) is 18.0. The molecule has 0 aromatic heterocycles. The third kappa shape index (κ3) is 13.9. The predicted molar refractivity (Wildman–Crippen MR) is 326 cm³/mol. The van der Waals surface area contributed by atoms with Crippen LogP contribution in [0.2, 0.25) is 0 Å². The van der Waals surface area contributed by atoms with Crippen molar-refractivity contribution in [3.63, 3.8) is 0 Å². The van der Waals surface area contributed by atoms with Gasteiger partial charge in [-0.25, -0.2) is 21.8 Å². The molecule has 2 heterocycles. The van der Waals surface area contributed by atoms with Crippen LogP contribution in [0.1, 0.15) is 110 Å². The zero-order valence-electron chi connectivity index (χ0n) is 48.8. The summed E-state index contributed by atoms with van der Waals surface area (Å²) < 4.78 is 68.7. The average molecular weight is 1180 g/mol. The van der Waals surface area contributed by atoms with Crippen molar-refractivity contribution in [2.45, 2.75) is 141 Å². The molecule has 19 heteroatoms. The molecule has 0 radical (unpaired) electrons. The number of amides is 4. The van der Waals surface area contributed by atoms with E-state index in [1.54, 1.807) is 142 Å². The van der Waals surface area contributed by atoms with Gasteiger partial charge in [0.15, 0.2) is 25.5 Å². The molecular weight excluding hydrogens is 1100 g/mol. The van der Waals surface area contributed by atoms with Crippen molar-refractivity contribution in [2.75, 3.05) is 16.4 Å². The van der Waals surface area contributed by atoms with Gasteiger partial charge in [0.2, 0.25) is 23.6 Å². The van der Waals surface area contributed by atoms with Gasteiger partial charge in [0.25, 0.3) is 7.37 Å². The Bertz CT molecular complexity index is 3500. The number of benzene rings is 5. The number of carbonyl (C=O) groups is 4. The van der Waals surface area contributed by atoms with Crippen molar-refractivity contribution in [1.82, 2.24) is 15.6 Å². The molecule has 2 aliphatic rings. The van der Waals surface area contributed by atoms with E-state index in [4.69, 9.17) is 5.10 Å². The number of rotatable bonds is 21. The fraction of sp³-hybridized carbons (Fsp3) is 0.444. The summed E-state index contributed by atoms with van der Waals surface area (Å²) in [5, 5.41) is 25.8. The van der Waals surface area contributed by atoms with Gasteiger partial charge in [-0.15, -0.1) is 0 Å². The monoisotopic (exact) mass is 1180 g/mol. The molecule has 0 spiro atoms. The molecule has 0 fully saturated rings. The standard InChI is InChI=1S/C63H80N5O11PS2/c1-12-23-44-28-20-22-31-49(44)51-37-47(39-82(78,79)63(9,10)11)60(72)68(66-51)56(41(4)5)58(70)64-52(34-42-24-15-13-16-25-42)61(73)80(74,75)54(35-43-26-17-14-18-27-43)65-57(69)55(40(2)3)67-53-33-32-45-29-19-21-30-48(45)50(53)36-46(59(67)71)38-81(76,77)62(6,7)8/h12-33,40-41,46-47,52,54-56,61,73H,34-39H2,1-11H3,(H,64,70)(H,65,69)(H,74,75)/b23-12-. The number of hydrogen-bond acceptors (Lipinski definition) is 11. The molecule has 7 rings (SSSR count). The zero-order chi connectivity index (χ0) is 60.3. The van der Waals surface area contributed by atoms with Crippen LogP contribution >= 0.6 is 7.37 Å². The van der Waals surface area contributed by atoms with Crippen LogP contribution in [0, 0.1) is 23.7 Å². The summed E-state index contributed by atoms with van der Waals surface area (Å²) >= 11 is 0. The van der Waals surface area contributed by atoms with Gasteiger partial charge in [-0.2, -0.15) is 5.10 Å². The first kappa shape index (κ1) is 63.3. The van der Waals surface area contributed by atoms with E-state index in [0.29, 0.717) is 33.7 Å². The topological polar surface area (TPSA) is 237 Å². The molecule has 0 saturated heterocycles. The first-order valence-corrected chi connectivity index (χ1v) is 33.1. The summed E-state index contributed by atoms with van der Waals surface area (Å²) in [6.07, 6.45) is 3.23. The second-order valence-corrected chi connectivity index (χ2v) is 32.5. The number of nitrogens with one attached hydrogen (secondary N) is 2. The van der Waals surface area contributed by atoms with E-state index in [9.17, 15) is 31.6 Å². The Kier molecular flexibility index (Phi) is 19.5. The Morgan fingerprint density at radius 1 is 0.683 bits per heavy atom. The third-order valence-corrected chi connectivity index (χ3v) is 23.4. The van der Waals surface area contributed by atoms with E-state index in [0.717, 1.165) is 21.3 Å². The minimum absolute atomic E-state index is 0.0457. The molecule has 82 heavy (non-hydrogen) atoms. The van der Waals surface area contributed by atoms with Gasteiger partial charge in [-0.05, 0) is 112 Å². The number of hydrazone groups is 1. The number of sulfone groups is 2. The molecule has 0 aliphatic carbocycles. The zero-order valence-corrected chi connectivity index (χ0v) is 51.3. The Morgan fingerprint density at radius 2 is 1.20 bits per heavy atom. The molecule has 5 aromatic rings. The Labute approximate surface area is 484 Å². The highest BCUT2D eigenvalue weighted by Gasteiger charge is 2.50. The normalized spacial score (nSPS) is 19.1. The molecule has 440 valence electrons. The highest BCUT2D eigenvalue weighted by molar-refractivity contribution is 7.93. The number of nitrogens with zero attached hydrogens (tertiary/aromatic N) is 3. The molecule has 5 aromatic carbocycles. The van der Waals surface area contributed by atoms with Crippen molar-refractivity contribution in [2.24, 2.45) is 28.8 Å². The Morgan fingerprint density at radius 3 is 1.76 bits per heavy atom. The van der Waals surface area contributed by atoms with Gasteiger partial charge in [0.1, 0.15) is 17.9 Å². The first-order chi connectivity index (χ1) is 38.4. The van der Waals surface area contributed by atoms with E-state index in [1.807, 2.05) is 67.6 Å². The average Bonchev–Trinajstić information content (AvgIpc) is 3.38. The van der Waals surface area contributed by atoms with Crippen LogP contribution in [-0.2, 0) is 62.7 Å². The Hall–Kier alpha value is -6.30. The van der Waals surface area contributed by atoms with Crippen molar-refractivity contribution in [3.05, 3.63) is 155 Å². The SMILES string of the molecule is C/C=C\c1ccccc1C1=NN(C(C(=O)NC(Cc2ccccc2)C(O)P(=O)(O)C(Cc2ccccc2)NC(=O)C(C(C)C)N2C(=O)C(CS(=O)(=O)C(C)(C)C)Cc3c2ccc2ccccc32)C(C)C)C(=O)C(CS(=O)(=O)C(C)(C)C)C1. The summed E-state index contributed by atoms with van der Waals surface area (Å²) in [4.78, 5) is 74.6. The van der Waals surface area contributed by atoms with Gasteiger partial charge in [0.05, 0.1) is 44.6 Å². The molecule has 16 nitrogen and oxygen atoms in total. The number of aliphatic hydroxyl groups excluding tert-OH is 1. The van der Waals surface area contributed by atoms with Crippen LogP contribution in [-0.4, -0.2) is 112 Å². The number of anilines is 1. The van der Waals surface area contributed by atoms with Gasteiger partial charge >= 0.3 is 0 Å². The third-order valence-electron chi connectivity index (χ3n) is 15.6. The second-order valence-electron chi connectivity index (χ2n) is 24.4. The molecule has 8 atom stereocenters. The maximum Gasteiger partial charge on any atom is 0.252 e. The van der Waals surface area contributed by atoms with Gasteiger partial charge < -0.3 is 20.6 Å². The van der Waals surface area contributed by atoms with E-state index in [-0.39, 0.29) is 25.7 Å². The minimum atomic E-state index is -5.21. The fourth-order valence-corrected chi connectivity index (χ4v) is 15.2. The summed E-state index contributed by atoms with van der Waals surface area (Å²) in [7, 11) is -13.0. The fourth-order valence-electron chi connectivity index (χ4n) is 10.8. The van der Waals surface area contributed by atoms with Gasteiger partial charge in [-0.1, -0.05) is 155 Å². The summed E-state index contributed by atoms with van der Waals surface area (Å²) in [5.74, 6) is -11.7. The highest BCUT2D eigenvalue weighted by atomic mass is 32.2. The summed E-state index contributed by atoms with van der Waals surface area (Å²) in [6, 6.07) is 31.2. The van der Waals surface area contributed by atoms with Crippen LogP contribution in [0.3, 0.4) is 0 Å². The molecule has 4 amide bonds. The van der Waals surface area contributed by atoms with Crippen LogP contribution in [0.25, 0.3) is 16.8 Å². The lowest BCUT2D eigenvalue weighted by atomic mass is 9.86. The first-order valence-electron chi connectivity index (χ1n) is 28.0. The van der Waals surface area contributed by atoms with Crippen molar-refractivity contribution < 1.29 is 50.6 Å². The van der Waals surface area contributed by atoms with E-state index >= 15 is 18.9 Å². The van der Waals surface area contributed by atoms with Crippen molar-refractivity contribution in [3.8, 4) is 0 Å². The highest BCUT2D eigenvalue weighted by Crippen LogP contribution is 2.52. The van der Waals surface area contributed by atoms with Crippen LogP contribution in [0.5, 0.6) is 0 Å². The lowest BCUT2D eigenvalue weighted by Gasteiger charge is -2.42. The van der Waals surface area contributed by atoms with Crippen LogP contribution in [0.15, 0.2) is 133 Å². The van der Waals surface area contributed by atoms with Crippen molar-refractivity contribution in [1.29, 1.82) is 0 Å². The van der Waals surface area contributed by atoms with Gasteiger partial charge in [-0.3, -0.25) is 28.6 Å². The number of carbonyl (C=O) groups excluding carboxylic acids is 4. The molecular formula is C63H80N5O11PS2. The molecule has 0 bridgehead atoms. The van der Waals surface area contributed by atoms with E-state index in [2.05, 4.69) is 10.6 Å². The Balaban J connectivity index is 1.29. The van der Waals surface area contributed by atoms with Crippen molar-refractivity contribution >= 4 is 78.9 Å². The number of allylic oxidation sites excluding steroid dienone is 1. The number of hydrogen-bond donors (Lipinski definition) is 4. The molecule has 4 N–H and O–H groups in total. The molecule has 8 unspecified atom stereocenters. The van der Waals surface area contributed by atoms with Gasteiger partial charge in [0, 0.05) is 24.1 Å². The van der Waals surface area contributed by atoms with Crippen LogP contribution in [0.4, 0.5) is 5.69 Å². The summed E-state index contributed by atoms with van der Waals surface area (Å²) in [5.41, 5.74) is 3.87. The maximum absolute atomic E-state index is 15.7. The molecule has 2 aliphatic heterocycles. The number of aliphatic hydroxyl groups is 1. The minimum Gasteiger partial charge on any atom is -0.381 e. The largest absolute Gasteiger partial charge is 0.381 e.